The van der Waals surface area contributed by atoms with E-state index in [-0.39, 0.29) is 0 Å². The van der Waals surface area contributed by atoms with Crippen molar-refractivity contribution in [1.29, 1.82) is 0 Å². The van der Waals surface area contributed by atoms with E-state index in [1.54, 1.807) is 0 Å². The van der Waals surface area contributed by atoms with Crippen molar-refractivity contribution in [2.45, 2.75) is 26.1 Å². The van der Waals surface area contributed by atoms with Crippen LogP contribution in [0, 0.1) is 0 Å². The second kappa shape index (κ2) is 1.66. The maximum Gasteiger partial charge on any atom is 0.102 e. The van der Waals surface area contributed by atoms with Crippen LogP contribution in [0.2, 0.25) is 0 Å². The SMILES string of the molecule is C/C=C/[C@H]1O[C@H]1C. The van der Waals surface area contributed by atoms with E-state index in [1.807, 2.05) is 13.0 Å². The first-order valence-electron chi connectivity index (χ1n) is 2.63. The lowest BCUT2D eigenvalue weighted by molar-refractivity contribution is 0.400. The van der Waals surface area contributed by atoms with Gasteiger partial charge in [-0.25, -0.2) is 0 Å². The Kier molecular flexibility index (Phi) is 1.15. The summed E-state index contributed by atoms with van der Waals surface area (Å²) in [5, 5.41) is 0. The largest absolute Gasteiger partial charge is 0.365 e. The Bertz CT molecular complexity index is 86.2. The molecule has 1 rings (SSSR count). The summed E-state index contributed by atoms with van der Waals surface area (Å²) in [5.41, 5.74) is 0. The van der Waals surface area contributed by atoms with Crippen molar-refractivity contribution < 1.29 is 4.74 Å². The standard InChI is InChI=1S/C6H10O/c1-3-4-6-5(2)7-6/h3-6H,1-2H3/b4-3+/t5-,6+/m0/s1. The summed E-state index contributed by atoms with van der Waals surface area (Å²) in [5.74, 6) is 0. The number of hydrogen-bond donors (Lipinski definition) is 0. The van der Waals surface area contributed by atoms with Crippen LogP contribution in [0.25, 0.3) is 0 Å². The minimum atomic E-state index is 0.435. The lowest BCUT2D eigenvalue weighted by atomic mass is 10.3. The van der Waals surface area contributed by atoms with Crippen molar-refractivity contribution in [3.63, 3.8) is 0 Å². The Morgan fingerprint density at radius 1 is 1.57 bits per heavy atom. The summed E-state index contributed by atoms with van der Waals surface area (Å²) in [6, 6.07) is 0. The molecule has 0 aromatic heterocycles. The molecule has 1 heteroatoms. The molecule has 7 heavy (non-hydrogen) atoms. The van der Waals surface area contributed by atoms with E-state index in [2.05, 4.69) is 13.0 Å². The van der Waals surface area contributed by atoms with Crippen molar-refractivity contribution in [1.82, 2.24) is 0 Å². The fourth-order valence-corrected chi connectivity index (χ4v) is 0.594. The zero-order valence-electron chi connectivity index (χ0n) is 4.72. The Labute approximate surface area is 44.0 Å². The third kappa shape index (κ3) is 1.03. The van der Waals surface area contributed by atoms with E-state index in [9.17, 15) is 0 Å². The molecule has 2 atom stereocenters. The van der Waals surface area contributed by atoms with Crippen LogP contribution >= 0.6 is 0 Å². The van der Waals surface area contributed by atoms with Gasteiger partial charge in [0.25, 0.3) is 0 Å². The molecule has 0 unspecified atom stereocenters. The third-order valence-electron chi connectivity index (χ3n) is 1.14. The fraction of sp³-hybridized carbons (Fsp3) is 0.667. The van der Waals surface area contributed by atoms with Crippen LogP contribution in [0.5, 0.6) is 0 Å². The molecule has 1 saturated heterocycles. The molecule has 0 aromatic rings. The first kappa shape index (κ1) is 4.85. The average molecular weight is 98.1 g/mol. The van der Waals surface area contributed by atoms with E-state index in [4.69, 9.17) is 4.74 Å². The maximum atomic E-state index is 5.07. The predicted molar refractivity (Wildman–Crippen MR) is 29.1 cm³/mol. The average Bonchev–Trinajstić information content (AvgIpc) is 2.22. The lowest BCUT2D eigenvalue weighted by Gasteiger charge is -1.69. The summed E-state index contributed by atoms with van der Waals surface area (Å²) in [7, 11) is 0. The van der Waals surface area contributed by atoms with E-state index < -0.39 is 0 Å². The van der Waals surface area contributed by atoms with Gasteiger partial charge in [0.1, 0.15) is 6.10 Å². The van der Waals surface area contributed by atoms with E-state index in [0.717, 1.165) is 0 Å². The summed E-state index contributed by atoms with van der Waals surface area (Å²) >= 11 is 0. The van der Waals surface area contributed by atoms with Gasteiger partial charge in [-0.1, -0.05) is 12.2 Å². The third-order valence-corrected chi connectivity index (χ3v) is 1.14. The molecule has 1 fully saturated rings. The number of ether oxygens (including phenoxy) is 1. The van der Waals surface area contributed by atoms with Crippen LogP contribution in [-0.4, -0.2) is 12.2 Å². The fourth-order valence-electron chi connectivity index (χ4n) is 0.594. The van der Waals surface area contributed by atoms with Crippen LogP contribution in [0.3, 0.4) is 0 Å². The molecule has 40 valence electrons. The molecule has 1 nitrogen and oxygen atoms in total. The monoisotopic (exact) mass is 98.1 g/mol. The van der Waals surface area contributed by atoms with Gasteiger partial charge in [-0.15, -0.1) is 0 Å². The summed E-state index contributed by atoms with van der Waals surface area (Å²) in [6.07, 6.45) is 5.01. The maximum absolute atomic E-state index is 5.07. The van der Waals surface area contributed by atoms with Crippen LogP contribution in [0.1, 0.15) is 13.8 Å². The van der Waals surface area contributed by atoms with Crippen LogP contribution < -0.4 is 0 Å². The van der Waals surface area contributed by atoms with Crippen LogP contribution in [0.4, 0.5) is 0 Å². The lowest BCUT2D eigenvalue weighted by Crippen LogP contribution is -1.78. The van der Waals surface area contributed by atoms with Gasteiger partial charge in [0, 0.05) is 0 Å². The first-order chi connectivity index (χ1) is 3.34. The molecule has 0 N–H and O–H groups in total. The van der Waals surface area contributed by atoms with Gasteiger partial charge in [0.05, 0.1) is 6.10 Å². The van der Waals surface area contributed by atoms with Crippen molar-refractivity contribution in [2.75, 3.05) is 0 Å². The minimum absolute atomic E-state index is 0.435. The molecule has 0 aromatic carbocycles. The highest BCUT2D eigenvalue weighted by Crippen LogP contribution is 2.21. The number of allylic oxidation sites excluding steroid dienone is 1. The van der Waals surface area contributed by atoms with Gasteiger partial charge >= 0.3 is 0 Å². The molecule has 0 amide bonds. The second-order valence-corrected chi connectivity index (χ2v) is 1.83. The molecule has 0 radical (unpaired) electrons. The molecule has 1 aliphatic heterocycles. The molecule has 0 aliphatic carbocycles. The molecular formula is C6H10O. The molecule has 0 spiro atoms. The van der Waals surface area contributed by atoms with Gasteiger partial charge in [0.2, 0.25) is 0 Å². The Balaban J connectivity index is 2.21. The first-order valence-corrected chi connectivity index (χ1v) is 2.63. The quantitative estimate of drug-likeness (QED) is 0.356. The molecular weight excluding hydrogens is 88.1 g/mol. The van der Waals surface area contributed by atoms with Crippen LogP contribution in [0.15, 0.2) is 12.2 Å². The second-order valence-electron chi connectivity index (χ2n) is 1.83. The molecule has 0 bridgehead atoms. The molecule has 1 heterocycles. The van der Waals surface area contributed by atoms with Gasteiger partial charge in [-0.2, -0.15) is 0 Å². The van der Waals surface area contributed by atoms with E-state index in [0.29, 0.717) is 12.2 Å². The van der Waals surface area contributed by atoms with Gasteiger partial charge in [-0.05, 0) is 13.8 Å². The summed E-state index contributed by atoms with van der Waals surface area (Å²) in [4.78, 5) is 0. The Morgan fingerprint density at radius 2 is 2.14 bits per heavy atom. The molecule has 0 saturated carbocycles. The normalized spacial score (nSPS) is 39.7. The number of hydrogen-bond acceptors (Lipinski definition) is 1. The number of rotatable bonds is 1. The van der Waals surface area contributed by atoms with E-state index in [1.165, 1.54) is 0 Å². The summed E-state index contributed by atoms with van der Waals surface area (Å²) < 4.78 is 5.07. The van der Waals surface area contributed by atoms with Crippen molar-refractivity contribution >= 4 is 0 Å². The van der Waals surface area contributed by atoms with Gasteiger partial charge in [-0.3, -0.25) is 0 Å². The number of epoxide rings is 1. The molecule has 1 aliphatic rings. The Hall–Kier alpha value is -0.300. The van der Waals surface area contributed by atoms with E-state index >= 15 is 0 Å². The smallest absolute Gasteiger partial charge is 0.102 e. The van der Waals surface area contributed by atoms with Crippen molar-refractivity contribution in [3.05, 3.63) is 12.2 Å². The highest BCUT2D eigenvalue weighted by atomic mass is 16.6. The summed E-state index contributed by atoms with van der Waals surface area (Å²) in [6.45, 7) is 4.08. The zero-order valence-corrected chi connectivity index (χ0v) is 4.72. The Morgan fingerprint density at radius 3 is 2.29 bits per heavy atom. The van der Waals surface area contributed by atoms with Crippen LogP contribution in [-0.2, 0) is 4.74 Å². The minimum Gasteiger partial charge on any atom is -0.365 e. The van der Waals surface area contributed by atoms with Gasteiger partial charge in [0.15, 0.2) is 0 Å². The van der Waals surface area contributed by atoms with Crippen molar-refractivity contribution in [2.24, 2.45) is 0 Å². The predicted octanol–water partition coefficient (Wildman–Crippen LogP) is 1.35. The van der Waals surface area contributed by atoms with Crippen molar-refractivity contribution in [3.8, 4) is 0 Å². The highest BCUT2D eigenvalue weighted by Gasteiger charge is 2.30. The zero-order chi connectivity index (χ0) is 5.28. The highest BCUT2D eigenvalue weighted by molar-refractivity contribution is 4.98. The topological polar surface area (TPSA) is 12.5 Å². The van der Waals surface area contributed by atoms with Gasteiger partial charge < -0.3 is 4.74 Å².